The molecule has 1 fully saturated rings. The molecule has 1 aromatic heterocycles. The van der Waals surface area contributed by atoms with Crippen LogP contribution in [0.2, 0.25) is 0 Å². The summed E-state index contributed by atoms with van der Waals surface area (Å²) in [4.78, 5) is 16.2. The molecule has 0 atom stereocenters. The van der Waals surface area contributed by atoms with Crippen molar-refractivity contribution in [2.24, 2.45) is 4.99 Å². The molecule has 7 nitrogen and oxygen atoms in total. The highest BCUT2D eigenvalue weighted by molar-refractivity contribution is 5.86. The second-order valence-corrected chi connectivity index (χ2v) is 6.91. The molecule has 1 amide bonds. The monoisotopic (exact) mass is 363 g/mol. The number of nitrogens with zero attached hydrogens (tertiary/aromatic N) is 2. The van der Waals surface area contributed by atoms with Gasteiger partial charge in [0.05, 0.1) is 18.8 Å². The fourth-order valence-electron chi connectivity index (χ4n) is 3.39. The number of aromatic nitrogens is 1. The standard InChI is InChI=1S/C19H33N5O2/c1-4-14(5-2)17-11-16(26-24-17)12-21-19(20-3)22-13-18(25)23-15-9-7-6-8-10-15/h11,14-15H,4-10,12-13H2,1-3H3,(H,23,25)(H2,20,21,22). The Hall–Kier alpha value is -2.05. The van der Waals surface area contributed by atoms with Crippen molar-refractivity contribution in [3.63, 3.8) is 0 Å². The van der Waals surface area contributed by atoms with E-state index in [0.29, 0.717) is 24.5 Å². The largest absolute Gasteiger partial charge is 0.359 e. The minimum absolute atomic E-state index is 0.00975. The van der Waals surface area contributed by atoms with Gasteiger partial charge < -0.3 is 20.5 Å². The van der Waals surface area contributed by atoms with Gasteiger partial charge in [0, 0.05) is 25.1 Å². The quantitative estimate of drug-likeness (QED) is 0.488. The fraction of sp³-hybridized carbons (Fsp3) is 0.737. The molecule has 1 aromatic rings. The predicted molar refractivity (Wildman–Crippen MR) is 103 cm³/mol. The summed E-state index contributed by atoms with van der Waals surface area (Å²) >= 11 is 0. The van der Waals surface area contributed by atoms with Crippen molar-refractivity contribution < 1.29 is 9.32 Å². The third kappa shape index (κ3) is 6.35. The van der Waals surface area contributed by atoms with Crippen LogP contribution in [0.5, 0.6) is 0 Å². The van der Waals surface area contributed by atoms with Crippen LogP contribution in [0.1, 0.15) is 76.2 Å². The van der Waals surface area contributed by atoms with Gasteiger partial charge in [-0.1, -0.05) is 38.3 Å². The van der Waals surface area contributed by atoms with E-state index in [1.165, 1.54) is 19.3 Å². The first-order valence-electron chi connectivity index (χ1n) is 9.85. The van der Waals surface area contributed by atoms with Crippen LogP contribution in [0.25, 0.3) is 0 Å². The Bertz CT molecular complexity index is 574. The summed E-state index contributed by atoms with van der Waals surface area (Å²) in [6, 6.07) is 2.32. The lowest BCUT2D eigenvalue weighted by Crippen LogP contribution is -2.45. The molecule has 146 valence electrons. The zero-order chi connectivity index (χ0) is 18.8. The van der Waals surface area contributed by atoms with E-state index < -0.39 is 0 Å². The number of rotatable bonds is 8. The highest BCUT2D eigenvalue weighted by Crippen LogP contribution is 2.22. The van der Waals surface area contributed by atoms with E-state index >= 15 is 0 Å². The first-order valence-corrected chi connectivity index (χ1v) is 9.85. The van der Waals surface area contributed by atoms with E-state index in [-0.39, 0.29) is 12.5 Å². The number of guanidine groups is 1. The van der Waals surface area contributed by atoms with E-state index in [0.717, 1.165) is 37.1 Å². The molecule has 1 heterocycles. The van der Waals surface area contributed by atoms with Crippen LogP contribution in [0, 0.1) is 0 Å². The van der Waals surface area contributed by atoms with E-state index in [1.54, 1.807) is 7.05 Å². The van der Waals surface area contributed by atoms with E-state index in [1.807, 2.05) is 6.07 Å². The Balaban J connectivity index is 1.72. The van der Waals surface area contributed by atoms with Gasteiger partial charge in [0.25, 0.3) is 0 Å². The van der Waals surface area contributed by atoms with Gasteiger partial charge in [0.2, 0.25) is 5.91 Å². The molecule has 0 spiro atoms. The van der Waals surface area contributed by atoms with Gasteiger partial charge in [0.15, 0.2) is 11.7 Å². The summed E-state index contributed by atoms with van der Waals surface area (Å²) in [7, 11) is 1.68. The Morgan fingerprint density at radius 3 is 2.65 bits per heavy atom. The highest BCUT2D eigenvalue weighted by Gasteiger charge is 2.16. The minimum Gasteiger partial charge on any atom is -0.359 e. The smallest absolute Gasteiger partial charge is 0.239 e. The van der Waals surface area contributed by atoms with Crippen LogP contribution in [-0.2, 0) is 11.3 Å². The summed E-state index contributed by atoms with van der Waals surface area (Å²) in [6.45, 7) is 5.01. The van der Waals surface area contributed by atoms with Crippen LogP contribution in [0.15, 0.2) is 15.6 Å². The van der Waals surface area contributed by atoms with E-state index in [4.69, 9.17) is 4.52 Å². The molecule has 1 saturated carbocycles. The number of hydrogen-bond acceptors (Lipinski definition) is 4. The van der Waals surface area contributed by atoms with Crippen molar-refractivity contribution >= 4 is 11.9 Å². The van der Waals surface area contributed by atoms with Gasteiger partial charge in [-0.05, 0) is 25.7 Å². The van der Waals surface area contributed by atoms with Crippen molar-refractivity contribution in [3.8, 4) is 0 Å². The minimum atomic E-state index is 0.00975. The average molecular weight is 364 g/mol. The summed E-state index contributed by atoms with van der Waals surface area (Å²) < 4.78 is 5.40. The van der Waals surface area contributed by atoms with Crippen LogP contribution in [-0.4, -0.2) is 36.7 Å². The lowest BCUT2D eigenvalue weighted by molar-refractivity contribution is -0.120. The Labute approximate surface area is 156 Å². The fourth-order valence-corrected chi connectivity index (χ4v) is 3.39. The number of carbonyl (C=O) groups is 1. The predicted octanol–water partition coefficient (Wildman–Crippen LogP) is 2.69. The molecule has 7 heteroatoms. The third-order valence-electron chi connectivity index (χ3n) is 5.02. The number of amides is 1. The maximum absolute atomic E-state index is 12.1. The van der Waals surface area contributed by atoms with E-state index in [2.05, 4.69) is 39.9 Å². The van der Waals surface area contributed by atoms with Crippen LogP contribution >= 0.6 is 0 Å². The van der Waals surface area contributed by atoms with Crippen LogP contribution in [0.3, 0.4) is 0 Å². The van der Waals surface area contributed by atoms with Gasteiger partial charge >= 0.3 is 0 Å². The second kappa shape index (κ2) is 10.8. The van der Waals surface area contributed by atoms with Crippen LogP contribution in [0.4, 0.5) is 0 Å². The lowest BCUT2D eigenvalue weighted by Gasteiger charge is -2.23. The number of nitrogens with one attached hydrogen (secondary N) is 3. The zero-order valence-electron chi connectivity index (χ0n) is 16.3. The lowest BCUT2D eigenvalue weighted by atomic mass is 9.95. The van der Waals surface area contributed by atoms with Crippen molar-refractivity contribution in [1.82, 2.24) is 21.1 Å². The number of carbonyl (C=O) groups excluding carboxylic acids is 1. The summed E-state index contributed by atoms with van der Waals surface area (Å²) in [6.07, 6.45) is 7.97. The maximum Gasteiger partial charge on any atom is 0.239 e. The Morgan fingerprint density at radius 1 is 1.27 bits per heavy atom. The first kappa shape index (κ1) is 20.3. The average Bonchev–Trinajstić information content (AvgIpc) is 3.12. The van der Waals surface area contributed by atoms with Crippen LogP contribution < -0.4 is 16.0 Å². The molecule has 0 bridgehead atoms. The molecule has 0 radical (unpaired) electrons. The number of hydrogen-bond donors (Lipinski definition) is 3. The topological polar surface area (TPSA) is 91.5 Å². The molecule has 2 rings (SSSR count). The molecule has 0 aromatic carbocycles. The van der Waals surface area contributed by atoms with Crippen molar-refractivity contribution in [1.29, 1.82) is 0 Å². The van der Waals surface area contributed by atoms with Gasteiger partial charge in [-0.25, -0.2) is 0 Å². The van der Waals surface area contributed by atoms with Crippen molar-refractivity contribution in [2.45, 2.75) is 77.3 Å². The van der Waals surface area contributed by atoms with Crippen molar-refractivity contribution in [2.75, 3.05) is 13.6 Å². The molecule has 1 aliphatic rings. The van der Waals surface area contributed by atoms with Gasteiger partial charge in [-0.15, -0.1) is 0 Å². The van der Waals surface area contributed by atoms with Gasteiger partial charge in [-0.2, -0.15) is 0 Å². The maximum atomic E-state index is 12.1. The summed E-state index contributed by atoms with van der Waals surface area (Å²) in [5, 5.41) is 13.5. The molecule has 26 heavy (non-hydrogen) atoms. The van der Waals surface area contributed by atoms with Gasteiger partial charge in [-0.3, -0.25) is 9.79 Å². The Morgan fingerprint density at radius 2 is 2.00 bits per heavy atom. The molecule has 3 N–H and O–H groups in total. The number of aliphatic imine (C=N–C) groups is 1. The third-order valence-corrected chi connectivity index (χ3v) is 5.02. The molecular weight excluding hydrogens is 330 g/mol. The molecule has 1 aliphatic carbocycles. The zero-order valence-corrected chi connectivity index (χ0v) is 16.3. The normalized spacial score (nSPS) is 15.9. The van der Waals surface area contributed by atoms with Gasteiger partial charge in [0.1, 0.15) is 0 Å². The summed E-state index contributed by atoms with van der Waals surface area (Å²) in [5.74, 6) is 1.79. The highest BCUT2D eigenvalue weighted by atomic mass is 16.5. The SMILES string of the molecule is CCC(CC)c1cc(CNC(=NC)NCC(=O)NC2CCCCC2)on1. The Kier molecular flexibility index (Phi) is 8.44. The molecule has 0 aliphatic heterocycles. The molecule has 0 unspecified atom stereocenters. The first-order chi connectivity index (χ1) is 12.7. The molecule has 0 saturated heterocycles. The van der Waals surface area contributed by atoms with E-state index in [9.17, 15) is 4.79 Å². The molecular formula is C19H33N5O2. The second-order valence-electron chi connectivity index (χ2n) is 6.91. The summed E-state index contributed by atoms with van der Waals surface area (Å²) in [5.41, 5.74) is 1.00. The van der Waals surface area contributed by atoms with Crippen molar-refractivity contribution in [3.05, 3.63) is 17.5 Å².